The molecule has 4 heterocycles. The van der Waals surface area contributed by atoms with Crippen LogP contribution in [0.1, 0.15) is 53.8 Å². The van der Waals surface area contributed by atoms with Gasteiger partial charge in [0.25, 0.3) is 5.91 Å². The Morgan fingerprint density at radius 3 is 2.67 bits per heavy atom. The lowest BCUT2D eigenvalue weighted by atomic mass is 10.1. The number of hydrogen-bond donors (Lipinski definition) is 1. The fourth-order valence-electron chi connectivity index (χ4n) is 5.18. The van der Waals surface area contributed by atoms with E-state index >= 15 is 0 Å². The Bertz CT molecular complexity index is 1230. The molecule has 0 spiro atoms. The first-order valence-corrected chi connectivity index (χ1v) is 13.0. The molecule has 0 aliphatic carbocycles. The maximum atomic E-state index is 13.7. The van der Waals surface area contributed by atoms with Crippen LogP contribution in [0.15, 0.2) is 30.3 Å². The van der Waals surface area contributed by atoms with Gasteiger partial charge in [0.05, 0.1) is 17.3 Å². The number of aryl methyl sites for hydroxylation is 1. The molecule has 1 fully saturated rings. The molecule has 2 bridgehead atoms. The highest BCUT2D eigenvalue weighted by atomic mass is 16.5. The Morgan fingerprint density at radius 2 is 1.89 bits per heavy atom. The summed E-state index contributed by atoms with van der Waals surface area (Å²) in [6.45, 7) is 8.95. The lowest BCUT2D eigenvalue weighted by Gasteiger charge is -2.27. The molecule has 1 N–H and O–H groups in total. The fraction of sp³-hybridized carbons (Fsp3) is 0.519. The number of rotatable bonds is 2. The quantitative estimate of drug-likeness (QED) is 0.589. The van der Waals surface area contributed by atoms with E-state index in [4.69, 9.17) is 14.8 Å². The zero-order chi connectivity index (χ0) is 25.2. The standard InChI is InChI=1S/C27H37N7O2/c1-5-22-21-17-25-29-24(33-12-6-7-13-33)18-26(34(25)30-21)31(3)14-10-28-11-15-36-23-9-8-19(2)16-20(23)27(35)32(22)4/h8-9,16-18,22,28H,5-7,10-15H2,1-4H3/t22-/m0/s1. The molecule has 2 aromatic heterocycles. The van der Waals surface area contributed by atoms with Crippen molar-refractivity contribution < 1.29 is 9.53 Å². The maximum absolute atomic E-state index is 13.7. The van der Waals surface area contributed by atoms with Gasteiger partial charge in [0.1, 0.15) is 24.0 Å². The first kappa shape index (κ1) is 24.4. The lowest BCUT2D eigenvalue weighted by Crippen LogP contribution is -2.34. The Balaban J connectivity index is 1.60. The second-order valence-corrected chi connectivity index (χ2v) is 9.87. The fourth-order valence-corrected chi connectivity index (χ4v) is 5.18. The summed E-state index contributed by atoms with van der Waals surface area (Å²) in [5, 5.41) is 8.46. The highest BCUT2D eigenvalue weighted by Gasteiger charge is 2.27. The predicted octanol–water partition coefficient (Wildman–Crippen LogP) is 3.28. The van der Waals surface area contributed by atoms with Crippen molar-refractivity contribution in [3.8, 4) is 5.75 Å². The third-order valence-electron chi connectivity index (χ3n) is 7.28. The van der Waals surface area contributed by atoms with E-state index < -0.39 is 0 Å². The minimum absolute atomic E-state index is 0.0688. The van der Waals surface area contributed by atoms with E-state index in [-0.39, 0.29) is 11.9 Å². The molecule has 1 amide bonds. The van der Waals surface area contributed by atoms with Crippen LogP contribution in [0, 0.1) is 6.92 Å². The number of carbonyl (C=O) groups excluding carboxylic acids is 1. The average molecular weight is 492 g/mol. The molecule has 2 aliphatic rings. The van der Waals surface area contributed by atoms with Crippen LogP contribution in [0.25, 0.3) is 5.65 Å². The lowest BCUT2D eigenvalue weighted by molar-refractivity contribution is 0.0718. The Labute approximate surface area is 213 Å². The number of carbonyl (C=O) groups is 1. The molecule has 192 valence electrons. The number of nitrogens with one attached hydrogen (secondary N) is 1. The van der Waals surface area contributed by atoms with Crippen molar-refractivity contribution in [1.29, 1.82) is 0 Å². The van der Waals surface area contributed by atoms with Gasteiger partial charge >= 0.3 is 0 Å². The van der Waals surface area contributed by atoms with Crippen LogP contribution in [0.2, 0.25) is 0 Å². The van der Waals surface area contributed by atoms with Crippen LogP contribution in [0.5, 0.6) is 5.75 Å². The molecule has 9 nitrogen and oxygen atoms in total. The molecule has 9 heteroatoms. The third kappa shape index (κ3) is 4.72. The minimum atomic E-state index is -0.185. The van der Waals surface area contributed by atoms with Crippen molar-refractivity contribution in [2.45, 2.75) is 39.2 Å². The van der Waals surface area contributed by atoms with Crippen LogP contribution < -0.4 is 19.9 Å². The zero-order valence-corrected chi connectivity index (χ0v) is 21.8. The predicted molar refractivity (Wildman–Crippen MR) is 142 cm³/mol. The van der Waals surface area contributed by atoms with Gasteiger partial charge in [0.2, 0.25) is 0 Å². The Kier molecular flexibility index (Phi) is 7.00. The van der Waals surface area contributed by atoms with E-state index in [1.165, 1.54) is 12.8 Å². The number of anilines is 2. The van der Waals surface area contributed by atoms with Gasteiger partial charge in [-0.2, -0.15) is 9.61 Å². The van der Waals surface area contributed by atoms with Gasteiger partial charge in [-0.3, -0.25) is 4.79 Å². The summed E-state index contributed by atoms with van der Waals surface area (Å²) >= 11 is 0. The second kappa shape index (κ2) is 10.3. The van der Waals surface area contributed by atoms with E-state index in [1.807, 2.05) is 42.8 Å². The Morgan fingerprint density at radius 1 is 1.08 bits per heavy atom. The number of fused-ring (bicyclic) bond motifs is 2. The van der Waals surface area contributed by atoms with Gasteiger partial charge in [0.15, 0.2) is 5.65 Å². The minimum Gasteiger partial charge on any atom is -0.491 e. The highest BCUT2D eigenvalue weighted by molar-refractivity contribution is 5.97. The molecular weight excluding hydrogens is 454 g/mol. The van der Waals surface area contributed by atoms with Gasteiger partial charge in [-0.05, 0) is 38.3 Å². The first-order valence-electron chi connectivity index (χ1n) is 13.0. The summed E-state index contributed by atoms with van der Waals surface area (Å²) in [4.78, 5) is 25.1. The summed E-state index contributed by atoms with van der Waals surface area (Å²) in [6.07, 6.45) is 3.13. The molecular formula is C27H37N7O2. The largest absolute Gasteiger partial charge is 0.491 e. The number of hydrogen-bond acceptors (Lipinski definition) is 7. The number of likely N-dealkylation sites (N-methyl/N-ethyl adjacent to an activating group) is 1. The number of aromatic nitrogens is 3. The summed E-state index contributed by atoms with van der Waals surface area (Å²) in [6, 6.07) is 9.80. The number of amides is 1. The van der Waals surface area contributed by atoms with Gasteiger partial charge in [0, 0.05) is 59.0 Å². The second-order valence-electron chi connectivity index (χ2n) is 9.87. The van der Waals surface area contributed by atoms with Crippen LogP contribution in [0.4, 0.5) is 11.6 Å². The maximum Gasteiger partial charge on any atom is 0.257 e. The monoisotopic (exact) mass is 491 g/mol. The van der Waals surface area contributed by atoms with Crippen LogP contribution in [0.3, 0.4) is 0 Å². The molecule has 1 saturated heterocycles. The van der Waals surface area contributed by atoms with Crippen LogP contribution >= 0.6 is 0 Å². The molecule has 0 radical (unpaired) electrons. The highest BCUT2D eigenvalue weighted by Crippen LogP contribution is 2.31. The molecule has 0 saturated carbocycles. The topological polar surface area (TPSA) is 78.2 Å². The summed E-state index contributed by atoms with van der Waals surface area (Å²) < 4.78 is 7.98. The smallest absolute Gasteiger partial charge is 0.257 e. The van der Waals surface area contributed by atoms with Crippen LogP contribution in [-0.4, -0.2) is 78.8 Å². The van der Waals surface area contributed by atoms with Crippen LogP contribution in [-0.2, 0) is 0 Å². The van der Waals surface area contributed by atoms with Gasteiger partial charge in [-0.15, -0.1) is 0 Å². The number of benzene rings is 1. The van der Waals surface area contributed by atoms with Crippen molar-refractivity contribution in [2.24, 2.45) is 0 Å². The van der Waals surface area contributed by atoms with Crippen molar-refractivity contribution in [1.82, 2.24) is 24.8 Å². The molecule has 1 atom stereocenters. The van der Waals surface area contributed by atoms with E-state index in [2.05, 4.69) is 35.2 Å². The molecule has 1 aromatic carbocycles. The van der Waals surface area contributed by atoms with Gasteiger partial charge in [-0.25, -0.2) is 4.98 Å². The number of ether oxygens (including phenoxy) is 1. The van der Waals surface area contributed by atoms with E-state index in [1.54, 1.807) is 4.90 Å². The van der Waals surface area contributed by atoms with Crippen molar-refractivity contribution in [3.05, 3.63) is 47.2 Å². The molecule has 3 aromatic rings. The van der Waals surface area contributed by atoms with E-state index in [9.17, 15) is 4.79 Å². The third-order valence-corrected chi connectivity index (χ3v) is 7.28. The van der Waals surface area contributed by atoms with Gasteiger partial charge in [-0.1, -0.05) is 18.6 Å². The first-order chi connectivity index (χ1) is 17.5. The zero-order valence-electron chi connectivity index (χ0n) is 21.8. The normalized spacial score (nSPS) is 19.7. The summed E-state index contributed by atoms with van der Waals surface area (Å²) in [5.41, 5.74) is 3.27. The Hall–Kier alpha value is -3.33. The molecule has 36 heavy (non-hydrogen) atoms. The SMILES string of the molecule is CC[C@H]1c2cc3nc(N4CCCC4)cc(n3n2)N(C)CCNCCOc2ccc(C)cc2C(=O)N1C. The van der Waals surface area contributed by atoms with Crippen molar-refractivity contribution in [3.63, 3.8) is 0 Å². The molecule has 0 unspecified atom stereocenters. The van der Waals surface area contributed by atoms with Crippen molar-refractivity contribution >= 4 is 23.2 Å². The summed E-state index contributed by atoms with van der Waals surface area (Å²) in [7, 11) is 3.95. The summed E-state index contributed by atoms with van der Waals surface area (Å²) in [5.74, 6) is 2.55. The van der Waals surface area contributed by atoms with E-state index in [0.717, 1.165) is 61.1 Å². The van der Waals surface area contributed by atoms with Gasteiger partial charge < -0.3 is 24.8 Å². The van der Waals surface area contributed by atoms with Crippen molar-refractivity contribution in [2.75, 3.05) is 63.2 Å². The number of nitrogens with zero attached hydrogens (tertiary/aromatic N) is 6. The molecule has 2 aliphatic heterocycles. The average Bonchev–Trinajstić information content (AvgIpc) is 3.55. The molecule has 5 rings (SSSR count). The van der Waals surface area contributed by atoms with E-state index in [0.29, 0.717) is 24.5 Å².